The molecule has 0 radical (unpaired) electrons. The second-order valence-corrected chi connectivity index (χ2v) is 6.35. The van der Waals surface area contributed by atoms with Crippen molar-refractivity contribution in [1.29, 1.82) is 0 Å². The van der Waals surface area contributed by atoms with E-state index in [1.165, 1.54) is 11.3 Å². The van der Waals surface area contributed by atoms with E-state index in [0.717, 1.165) is 10.4 Å². The lowest BCUT2D eigenvalue weighted by Gasteiger charge is -2.10. The SMILES string of the molecule is COc1ccc(CCNC(=O)CNC(=O)Cc2cccs2)cc1OC. The Morgan fingerprint density at radius 3 is 2.52 bits per heavy atom. The van der Waals surface area contributed by atoms with Crippen molar-refractivity contribution in [2.45, 2.75) is 12.8 Å². The van der Waals surface area contributed by atoms with Crippen molar-refractivity contribution in [3.63, 3.8) is 0 Å². The third-order valence-electron chi connectivity index (χ3n) is 3.54. The minimum absolute atomic E-state index is 0.0177. The summed E-state index contributed by atoms with van der Waals surface area (Å²) in [5, 5.41) is 7.33. The van der Waals surface area contributed by atoms with Gasteiger partial charge in [-0.25, -0.2) is 0 Å². The molecular weight excluding hydrogens is 340 g/mol. The number of ether oxygens (including phenoxy) is 2. The highest BCUT2D eigenvalue weighted by atomic mass is 32.1. The number of methoxy groups -OCH3 is 2. The average molecular weight is 362 g/mol. The molecule has 2 rings (SSSR count). The van der Waals surface area contributed by atoms with Gasteiger partial charge in [-0.15, -0.1) is 11.3 Å². The number of amides is 2. The summed E-state index contributed by atoms with van der Waals surface area (Å²) in [6, 6.07) is 9.44. The van der Waals surface area contributed by atoms with Crippen molar-refractivity contribution in [3.05, 3.63) is 46.2 Å². The molecule has 0 saturated carbocycles. The molecule has 134 valence electrons. The lowest BCUT2D eigenvalue weighted by atomic mass is 10.1. The molecule has 0 saturated heterocycles. The fourth-order valence-corrected chi connectivity index (χ4v) is 2.96. The van der Waals surface area contributed by atoms with Crippen molar-refractivity contribution in [1.82, 2.24) is 10.6 Å². The van der Waals surface area contributed by atoms with Gasteiger partial charge in [0.2, 0.25) is 11.8 Å². The number of nitrogens with one attached hydrogen (secondary N) is 2. The van der Waals surface area contributed by atoms with Crippen LogP contribution >= 0.6 is 11.3 Å². The third kappa shape index (κ3) is 6.11. The van der Waals surface area contributed by atoms with Gasteiger partial charge in [-0.2, -0.15) is 0 Å². The van der Waals surface area contributed by atoms with E-state index in [0.29, 0.717) is 30.9 Å². The van der Waals surface area contributed by atoms with Gasteiger partial charge in [0.15, 0.2) is 11.5 Å². The van der Waals surface area contributed by atoms with E-state index in [9.17, 15) is 9.59 Å². The topological polar surface area (TPSA) is 76.7 Å². The molecule has 25 heavy (non-hydrogen) atoms. The minimum atomic E-state index is -0.208. The first-order chi connectivity index (χ1) is 12.1. The molecule has 1 heterocycles. The Kier molecular flexibility index (Phi) is 7.28. The molecule has 0 aliphatic carbocycles. The van der Waals surface area contributed by atoms with E-state index in [2.05, 4.69) is 10.6 Å². The van der Waals surface area contributed by atoms with Gasteiger partial charge in [0, 0.05) is 11.4 Å². The van der Waals surface area contributed by atoms with Crippen LogP contribution < -0.4 is 20.1 Å². The number of benzene rings is 1. The molecule has 0 fully saturated rings. The highest BCUT2D eigenvalue weighted by Gasteiger charge is 2.08. The predicted octanol–water partition coefficient (Wildman–Crippen LogP) is 1.78. The lowest BCUT2D eigenvalue weighted by Crippen LogP contribution is -2.38. The quantitative estimate of drug-likeness (QED) is 0.713. The standard InChI is InChI=1S/C18H22N2O4S/c1-23-15-6-5-13(10-16(15)24-2)7-8-19-18(22)12-20-17(21)11-14-4-3-9-25-14/h3-6,9-10H,7-8,11-12H2,1-2H3,(H,19,22)(H,20,21). The zero-order valence-electron chi connectivity index (χ0n) is 14.3. The summed E-state index contributed by atoms with van der Waals surface area (Å²) >= 11 is 1.52. The number of hydrogen-bond acceptors (Lipinski definition) is 5. The highest BCUT2D eigenvalue weighted by Crippen LogP contribution is 2.27. The Morgan fingerprint density at radius 2 is 1.84 bits per heavy atom. The maximum absolute atomic E-state index is 11.8. The van der Waals surface area contributed by atoms with Gasteiger partial charge >= 0.3 is 0 Å². The van der Waals surface area contributed by atoms with Crippen molar-refractivity contribution >= 4 is 23.2 Å². The Labute approximate surface area is 151 Å². The first kappa shape index (κ1) is 18.8. The van der Waals surface area contributed by atoms with Crippen molar-refractivity contribution in [3.8, 4) is 11.5 Å². The number of carbonyl (C=O) groups is 2. The first-order valence-electron chi connectivity index (χ1n) is 7.89. The van der Waals surface area contributed by atoms with E-state index in [1.54, 1.807) is 14.2 Å². The fourth-order valence-electron chi connectivity index (χ4n) is 2.26. The smallest absolute Gasteiger partial charge is 0.239 e. The molecule has 0 atom stereocenters. The van der Waals surface area contributed by atoms with E-state index >= 15 is 0 Å². The van der Waals surface area contributed by atoms with Crippen LogP contribution in [0.2, 0.25) is 0 Å². The number of carbonyl (C=O) groups excluding carboxylic acids is 2. The lowest BCUT2D eigenvalue weighted by molar-refractivity contribution is -0.125. The van der Waals surface area contributed by atoms with Gasteiger partial charge in [-0.3, -0.25) is 9.59 Å². The maximum atomic E-state index is 11.8. The molecular formula is C18H22N2O4S. The van der Waals surface area contributed by atoms with Crippen LogP contribution in [0.4, 0.5) is 0 Å². The van der Waals surface area contributed by atoms with Crippen LogP contribution in [0.25, 0.3) is 0 Å². The Balaban J connectivity index is 1.69. The molecule has 0 bridgehead atoms. The Hall–Kier alpha value is -2.54. The normalized spacial score (nSPS) is 10.2. The van der Waals surface area contributed by atoms with Gasteiger partial charge in [0.25, 0.3) is 0 Å². The third-order valence-corrected chi connectivity index (χ3v) is 4.42. The van der Waals surface area contributed by atoms with E-state index in [4.69, 9.17) is 9.47 Å². The second-order valence-electron chi connectivity index (χ2n) is 5.32. The molecule has 6 nitrogen and oxygen atoms in total. The first-order valence-corrected chi connectivity index (χ1v) is 8.77. The number of rotatable bonds is 9. The largest absolute Gasteiger partial charge is 0.493 e. The zero-order chi connectivity index (χ0) is 18.1. The zero-order valence-corrected chi connectivity index (χ0v) is 15.2. The van der Waals surface area contributed by atoms with Crippen LogP contribution in [-0.2, 0) is 22.4 Å². The van der Waals surface area contributed by atoms with Crippen LogP contribution in [0.1, 0.15) is 10.4 Å². The summed E-state index contributed by atoms with van der Waals surface area (Å²) < 4.78 is 10.4. The summed E-state index contributed by atoms with van der Waals surface area (Å²) in [6.45, 7) is 0.464. The molecule has 2 N–H and O–H groups in total. The molecule has 2 amide bonds. The molecule has 0 aliphatic rings. The van der Waals surface area contributed by atoms with Crippen LogP contribution in [-0.4, -0.2) is 39.1 Å². The second kappa shape index (κ2) is 9.68. The fraction of sp³-hybridized carbons (Fsp3) is 0.333. The highest BCUT2D eigenvalue weighted by molar-refractivity contribution is 7.10. The van der Waals surface area contributed by atoms with Crippen LogP contribution in [0.3, 0.4) is 0 Å². The predicted molar refractivity (Wildman–Crippen MR) is 97.3 cm³/mol. The van der Waals surface area contributed by atoms with Gasteiger partial charge < -0.3 is 20.1 Å². The van der Waals surface area contributed by atoms with Crippen molar-refractivity contribution in [2.75, 3.05) is 27.3 Å². The van der Waals surface area contributed by atoms with Crippen LogP contribution in [0.5, 0.6) is 11.5 Å². The summed E-state index contributed by atoms with van der Waals surface area (Å²) in [7, 11) is 3.17. The Bertz CT molecular complexity index is 701. The summed E-state index contributed by atoms with van der Waals surface area (Å²) in [6.07, 6.45) is 0.964. The van der Waals surface area contributed by atoms with Crippen molar-refractivity contribution < 1.29 is 19.1 Å². The minimum Gasteiger partial charge on any atom is -0.493 e. The molecule has 2 aromatic rings. The van der Waals surface area contributed by atoms with E-state index in [1.807, 2.05) is 35.7 Å². The molecule has 1 aromatic heterocycles. The summed E-state index contributed by atoms with van der Waals surface area (Å²) in [5.74, 6) is 0.966. The van der Waals surface area contributed by atoms with Crippen LogP contribution in [0.15, 0.2) is 35.7 Å². The van der Waals surface area contributed by atoms with Gasteiger partial charge in [-0.05, 0) is 35.6 Å². The number of thiophene rings is 1. The van der Waals surface area contributed by atoms with Gasteiger partial charge in [0.05, 0.1) is 27.2 Å². The van der Waals surface area contributed by atoms with Crippen LogP contribution in [0, 0.1) is 0 Å². The molecule has 0 aliphatic heterocycles. The number of hydrogen-bond donors (Lipinski definition) is 2. The monoisotopic (exact) mass is 362 g/mol. The molecule has 0 unspecified atom stereocenters. The van der Waals surface area contributed by atoms with E-state index < -0.39 is 0 Å². The molecule has 7 heteroatoms. The summed E-state index contributed by atoms with van der Waals surface area (Å²) in [5.41, 5.74) is 1.03. The average Bonchev–Trinajstić information content (AvgIpc) is 3.12. The Morgan fingerprint density at radius 1 is 1.04 bits per heavy atom. The van der Waals surface area contributed by atoms with Gasteiger partial charge in [-0.1, -0.05) is 12.1 Å². The van der Waals surface area contributed by atoms with Crippen molar-refractivity contribution in [2.24, 2.45) is 0 Å². The molecule has 0 spiro atoms. The van der Waals surface area contributed by atoms with Gasteiger partial charge in [0.1, 0.15) is 0 Å². The summed E-state index contributed by atoms with van der Waals surface area (Å²) in [4.78, 5) is 24.5. The van der Waals surface area contributed by atoms with E-state index in [-0.39, 0.29) is 18.4 Å². The molecule has 1 aromatic carbocycles. The maximum Gasteiger partial charge on any atom is 0.239 e.